The van der Waals surface area contributed by atoms with Gasteiger partial charge < -0.3 is 14.6 Å². The predicted molar refractivity (Wildman–Crippen MR) is 79.8 cm³/mol. The largest absolute Gasteiger partial charge is 0.467 e. The van der Waals surface area contributed by atoms with Gasteiger partial charge in [0.15, 0.2) is 0 Å². The maximum atomic E-state index is 12.2. The minimum absolute atomic E-state index is 0.0339. The first-order valence-corrected chi connectivity index (χ1v) is 7.15. The highest BCUT2D eigenvalue weighted by molar-refractivity contribution is 5.96. The van der Waals surface area contributed by atoms with Gasteiger partial charge in [-0.3, -0.25) is 9.59 Å². The normalized spacial score (nSPS) is 17.8. The lowest BCUT2D eigenvalue weighted by Crippen LogP contribution is -2.28. The molecule has 1 atom stereocenters. The number of rotatable bonds is 4. The van der Waals surface area contributed by atoms with E-state index in [-0.39, 0.29) is 24.2 Å². The zero-order chi connectivity index (χ0) is 15.5. The molecule has 3 rings (SSSR count). The van der Waals surface area contributed by atoms with E-state index in [1.54, 1.807) is 29.5 Å². The summed E-state index contributed by atoms with van der Waals surface area (Å²) in [5.41, 5.74) is 1.03. The van der Waals surface area contributed by atoms with Crippen molar-refractivity contribution in [3.63, 3.8) is 0 Å². The Balaban J connectivity index is 1.60. The molecule has 6 heteroatoms. The number of carbonyl (C=O) groups excluding carboxylic acids is 2. The molecule has 1 N–H and O–H groups in total. The van der Waals surface area contributed by atoms with Crippen LogP contribution < -0.4 is 5.32 Å². The third-order valence-electron chi connectivity index (χ3n) is 3.67. The first-order chi connectivity index (χ1) is 10.6. The van der Waals surface area contributed by atoms with Crippen molar-refractivity contribution in [2.24, 2.45) is 5.92 Å². The molecule has 0 saturated carbocycles. The summed E-state index contributed by atoms with van der Waals surface area (Å²) in [6.45, 7) is 2.73. The van der Waals surface area contributed by atoms with E-state index in [1.807, 2.05) is 19.1 Å². The van der Waals surface area contributed by atoms with E-state index in [0.717, 1.165) is 11.3 Å². The molecule has 22 heavy (non-hydrogen) atoms. The maximum Gasteiger partial charge on any atom is 0.230 e. The molecule has 0 radical (unpaired) electrons. The first kappa shape index (κ1) is 14.3. The first-order valence-electron chi connectivity index (χ1n) is 7.15. The fourth-order valence-corrected chi connectivity index (χ4v) is 2.46. The quantitative estimate of drug-likeness (QED) is 0.936. The van der Waals surface area contributed by atoms with Crippen LogP contribution in [-0.4, -0.2) is 28.2 Å². The molecule has 3 heterocycles. The summed E-state index contributed by atoms with van der Waals surface area (Å²) in [5, 5.41) is 2.76. The van der Waals surface area contributed by atoms with Gasteiger partial charge >= 0.3 is 0 Å². The smallest absolute Gasteiger partial charge is 0.230 e. The monoisotopic (exact) mass is 299 g/mol. The van der Waals surface area contributed by atoms with Gasteiger partial charge in [0.1, 0.15) is 11.6 Å². The molecule has 114 valence electrons. The number of carbonyl (C=O) groups is 2. The standard InChI is InChI=1S/C16H17N3O3/c1-11-4-5-14(17-8-11)18-16(21)12-7-15(20)19(9-12)10-13-3-2-6-22-13/h2-6,8,12H,7,9-10H2,1H3,(H,17,18,21). The van der Waals surface area contributed by atoms with Gasteiger partial charge in [-0.2, -0.15) is 0 Å². The molecule has 2 amide bonds. The van der Waals surface area contributed by atoms with Crippen molar-refractivity contribution in [2.45, 2.75) is 19.9 Å². The molecule has 0 aromatic carbocycles. The van der Waals surface area contributed by atoms with Crippen LogP contribution >= 0.6 is 0 Å². The van der Waals surface area contributed by atoms with Gasteiger partial charge in [0.05, 0.1) is 18.7 Å². The van der Waals surface area contributed by atoms with Gasteiger partial charge in [0.2, 0.25) is 11.8 Å². The summed E-state index contributed by atoms with van der Waals surface area (Å²) in [7, 11) is 0. The molecule has 1 aliphatic heterocycles. The van der Waals surface area contributed by atoms with Gasteiger partial charge in [-0.05, 0) is 30.7 Å². The zero-order valence-electron chi connectivity index (χ0n) is 12.3. The number of pyridine rings is 1. The third kappa shape index (κ3) is 3.16. The SMILES string of the molecule is Cc1ccc(NC(=O)C2CC(=O)N(Cc3ccco3)C2)nc1. The van der Waals surface area contributed by atoms with Gasteiger partial charge in [-0.25, -0.2) is 4.98 Å². The lowest BCUT2D eigenvalue weighted by atomic mass is 10.1. The van der Waals surface area contributed by atoms with Crippen molar-refractivity contribution in [3.05, 3.63) is 48.0 Å². The fraction of sp³-hybridized carbons (Fsp3) is 0.312. The predicted octanol–water partition coefficient (Wildman–Crippen LogP) is 1.97. The maximum absolute atomic E-state index is 12.2. The van der Waals surface area contributed by atoms with Crippen molar-refractivity contribution in [1.29, 1.82) is 0 Å². The van der Waals surface area contributed by atoms with E-state index in [9.17, 15) is 9.59 Å². The van der Waals surface area contributed by atoms with Crippen molar-refractivity contribution in [1.82, 2.24) is 9.88 Å². The van der Waals surface area contributed by atoms with E-state index in [0.29, 0.717) is 18.9 Å². The number of hydrogen-bond acceptors (Lipinski definition) is 4. The van der Waals surface area contributed by atoms with E-state index >= 15 is 0 Å². The molecule has 1 saturated heterocycles. The minimum atomic E-state index is -0.356. The molecular formula is C16H17N3O3. The highest BCUT2D eigenvalue weighted by atomic mass is 16.3. The lowest BCUT2D eigenvalue weighted by Gasteiger charge is -2.14. The molecule has 1 unspecified atom stereocenters. The number of anilines is 1. The molecule has 0 aliphatic carbocycles. The Labute approximate surface area is 128 Å². The van der Waals surface area contributed by atoms with Crippen LogP contribution in [0.2, 0.25) is 0 Å². The van der Waals surface area contributed by atoms with Crippen LogP contribution in [0.25, 0.3) is 0 Å². The Kier molecular flexibility index (Phi) is 3.91. The molecule has 1 aliphatic rings. The van der Waals surface area contributed by atoms with Crippen LogP contribution in [-0.2, 0) is 16.1 Å². The summed E-state index contributed by atoms with van der Waals surface area (Å²) in [6, 6.07) is 7.23. The average molecular weight is 299 g/mol. The molecule has 2 aromatic rings. The molecule has 0 spiro atoms. The number of amides is 2. The van der Waals surface area contributed by atoms with Crippen LogP contribution in [0.3, 0.4) is 0 Å². The van der Waals surface area contributed by atoms with Crippen LogP contribution in [0.15, 0.2) is 41.1 Å². The Morgan fingerprint density at radius 2 is 2.32 bits per heavy atom. The number of likely N-dealkylation sites (tertiary alicyclic amines) is 1. The minimum Gasteiger partial charge on any atom is -0.467 e. The number of aromatic nitrogens is 1. The summed E-state index contributed by atoms with van der Waals surface area (Å²) >= 11 is 0. The Morgan fingerprint density at radius 1 is 1.45 bits per heavy atom. The second-order valence-corrected chi connectivity index (χ2v) is 5.46. The van der Waals surface area contributed by atoms with E-state index in [4.69, 9.17) is 4.42 Å². The summed E-state index contributed by atoms with van der Waals surface area (Å²) in [4.78, 5) is 30.0. The van der Waals surface area contributed by atoms with Crippen LogP contribution in [0.4, 0.5) is 5.82 Å². The van der Waals surface area contributed by atoms with Crippen molar-refractivity contribution in [2.75, 3.05) is 11.9 Å². The molecule has 1 fully saturated rings. The molecular weight excluding hydrogens is 282 g/mol. The Morgan fingerprint density at radius 3 is 3.00 bits per heavy atom. The fourth-order valence-electron chi connectivity index (χ4n) is 2.46. The number of hydrogen-bond donors (Lipinski definition) is 1. The second-order valence-electron chi connectivity index (χ2n) is 5.46. The number of aryl methyl sites for hydroxylation is 1. The molecule has 0 bridgehead atoms. The second kappa shape index (κ2) is 6.01. The Bertz CT molecular complexity index is 664. The van der Waals surface area contributed by atoms with Crippen molar-refractivity contribution in [3.8, 4) is 0 Å². The van der Waals surface area contributed by atoms with Crippen LogP contribution in [0.5, 0.6) is 0 Å². The van der Waals surface area contributed by atoms with Crippen LogP contribution in [0.1, 0.15) is 17.7 Å². The molecule has 2 aromatic heterocycles. The third-order valence-corrected chi connectivity index (χ3v) is 3.67. The summed E-state index contributed by atoms with van der Waals surface area (Å²) < 4.78 is 5.24. The van der Waals surface area contributed by atoms with E-state index in [1.165, 1.54) is 0 Å². The highest BCUT2D eigenvalue weighted by Crippen LogP contribution is 2.21. The van der Waals surface area contributed by atoms with Gasteiger partial charge in [0.25, 0.3) is 0 Å². The van der Waals surface area contributed by atoms with E-state index in [2.05, 4.69) is 10.3 Å². The topological polar surface area (TPSA) is 75.4 Å². The number of furan rings is 1. The summed E-state index contributed by atoms with van der Waals surface area (Å²) in [5.74, 6) is 0.660. The highest BCUT2D eigenvalue weighted by Gasteiger charge is 2.34. The number of nitrogens with zero attached hydrogens (tertiary/aromatic N) is 2. The Hall–Kier alpha value is -2.63. The zero-order valence-corrected chi connectivity index (χ0v) is 12.3. The molecule has 6 nitrogen and oxygen atoms in total. The van der Waals surface area contributed by atoms with E-state index < -0.39 is 0 Å². The lowest BCUT2D eigenvalue weighted by molar-refractivity contribution is -0.128. The van der Waals surface area contributed by atoms with Gasteiger partial charge in [-0.15, -0.1) is 0 Å². The van der Waals surface area contributed by atoms with Gasteiger partial charge in [0, 0.05) is 19.2 Å². The van der Waals surface area contributed by atoms with Crippen LogP contribution in [0, 0.1) is 12.8 Å². The van der Waals surface area contributed by atoms with Crippen molar-refractivity contribution >= 4 is 17.6 Å². The van der Waals surface area contributed by atoms with Gasteiger partial charge in [-0.1, -0.05) is 6.07 Å². The van der Waals surface area contributed by atoms with Crippen molar-refractivity contribution < 1.29 is 14.0 Å². The summed E-state index contributed by atoms with van der Waals surface area (Å²) in [6.07, 6.45) is 3.49. The average Bonchev–Trinajstić information content (AvgIpc) is 3.13. The number of nitrogens with one attached hydrogen (secondary N) is 1.